The average molecular weight is 340 g/mol. The normalized spacial score (nSPS) is 19.9. The van der Waals surface area contributed by atoms with Crippen molar-refractivity contribution in [3.8, 4) is 0 Å². The molecule has 0 spiro atoms. The van der Waals surface area contributed by atoms with Gasteiger partial charge in [0.05, 0.1) is 22.5 Å². The maximum atomic E-state index is 12.9. The third-order valence-corrected chi connectivity index (χ3v) is 2.77. The zero-order chi connectivity index (χ0) is 14.5. The Morgan fingerprint density at radius 3 is 1.68 bits per heavy atom. The zero-order valence-electron chi connectivity index (χ0n) is 9.91. The van der Waals surface area contributed by atoms with Crippen LogP contribution in [0.15, 0.2) is 0 Å². The van der Waals surface area contributed by atoms with E-state index in [1.807, 2.05) is 0 Å². The van der Waals surface area contributed by atoms with Gasteiger partial charge in [0.25, 0.3) is 0 Å². The molecule has 0 rings (SSSR count). The van der Waals surface area contributed by atoms with Crippen molar-refractivity contribution in [2.75, 3.05) is 12.4 Å². The number of halogens is 6. The Labute approximate surface area is 149 Å². The van der Waals surface area contributed by atoms with Crippen LogP contribution in [0, 0.1) is 0 Å². The smallest absolute Gasteiger partial charge is 0.748 e. The van der Waals surface area contributed by atoms with Gasteiger partial charge < -0.3 is 4.55 Å². The van der Waals surface area contributed by atoms with E-state index in [0.29, 0.717) is 0 Å². The van der Waals surface area contributed by atoms with Crippen LogP contribution in [-0.4, -0.2) is 56.3 Å². The van der Waals surface area contributed by atoms with Gasteiger partial charge in [-0.1, -0.05) is 0 Å². The van der Waals surface area contributed by atoms with E-state index >= 15 is 0 Å². The second-order valence-electron chi connectivity index (χ2n) is 3.57. The third kappa shape index (κ3) is 8.89. The quantitative estimate of drug-likeness (QED) is 0.310. The van der Waals surface area contributed by atoms with Gasteiger partial charge in [-0.15, -0.1) is 0 Å². The molecule has 110 valence electrons. The molecule has 0 aromatic rings. The minimum Gasteiger partial charge on any atom is -0.748 e. The van der Waals surface area contributed by atoms with Crippen molar-refractivity contribution in [1.29, 1.82) is 0 Å². The van der Waals surface area contributed by atoms with Crippen LogP contribution in [0.1, 0.15) is 6.42 Å². The van der Waals surface area contributed by atoms with Gasteiger partial charge in [0.1, 0.15) is 12.3 Å². The first kappa shape index (κ1) is 22.4. The summed E-state index contributed by atoms with van der Waals surface area (Å²) in [6.07, 6.45) is -16.6. The molecule has 0 saturated carbocycles. The van der Waals surface area contributed by atoms with Gasteiger partial charge in [0, 0.05) is 6.42 Å². The molecular formula is C8H11F6KO3S. The molecule has 0 radical (unpaired) electrons. The zero-order valence-corrected chi connectivity index (χ0v) is 13.8. The molecule has 0 saturated heterocycles. The molecule has 0 aliphatic rings. The first-order valence-corrected chi connectivity index (χ1v) is 6.37. The summed E-state index contributed by atoms with van der Waals surface area (Å²) < 4.78 is 106. The van der Waals surface area contributed by atoms with Crippen molar-refractivity contribution in [3.05, 3.63) is 0 Å². The molecule has 0 amide bonds. The summed E-state index contributed by atoms with van der Waals surface area (Å²) in [4.78, 5) is 0. The van der Waals surface area contributed by atoms with E-state index in [2.05, 4.69) is 0 Å². The molecule has 19 heavy (non-hydrogen) atoms. The summed E-state index contributed by atoms with van der Waals surface area (Å²) in [5.74, 6) is -1.89. The molecule has 0 aliphatic carbocycles. The standard InChI is InChI=1S/C8H12F6O3S.K/c9-2-1-4(10)6(12)8(14)7(13)5(11)3-18(15,16)17;/h4-8H,1-3H2,(H,15,16,17);/q;+1/p-1. The molecular weight excluding hydrogens is 329 g/mol. The van der Waals surface area contributed by atoms with E-state index in [4.69, 9.17) is 0 Å². The third-order valence-electron chi connectivity index (χ3n) is 2.05. The maximum Gasteiger partial charge on any atom is 1.00 e. The van der Waals surface area contributed by atoms with Crippen LogP contribution in [0.25, 0.3) is 0 Å². The van der Waals surface area contributed by atoms with E-state index in [1.165, 1.54) is 0 Å². The van der Waals surface area contributed by atoms with Gasteiger partial charge in [-0.3, -0.25) is 4.39 Å². The van der Waals surface area contributed by atoms with Crippen molar-refractivity contribution < 1.29 is 90.7 Å². The van der Waals surface area contributed by atoms with E-state index < -0.39 is 59.8 Å². The number of hydrogen-bond acceptors (Lipinski definition) is 3. The van der Waals surface area contributed by atoms with Crippen molar-refractivity contribution in [3.63, 3.8) is 0 Å². The first-order chi connectivity index (χ1) is 8.10. The fourth-order valence-corrected chi connectivity index (χ4v) is 1.70. The molecule has 0 aromatic heterocycles. The van der Waals surface area contributed by atoms with E-state index in [0.717, 1.165) is 0 Å². The molecule has 5 atom stereocenters. The van der Waals surface area contributed by atoms with Crippen LogP contribution in [0.3, 0.4) is 0 Å². The Kier molecular flexibility index (Phi) is 11.7. The van der Waals surface area contributed by atoms with Gasteiger partial charge >= 0.3 is 51.4 Å². The van der Waals surface area contributed by atoms with E-state index in [1.54, 1.807) is 0 Å². The van der Waals surface area contributed by atoms with Crippen LogP contribution in [-0.2, 0) is 10.1 Å². The number of alkyl halides is 6. The second-order valence-corrected chi connectivity index (χ2v) is 5.02. The monoisotopic (exact) mass is 340 g/mol. The van der Waals surface area contributed by atoms with Gasteiger partial charge in [-0.25, -0.2) is 30.4 Å². The molecule has 3 nitrogen and oxygen atoms in total. The number of hydrogen-bond donors (Lipinski definition) is 0. The Morgan fingerprint density at radius 2 is 1.32 bits per heavy atom. The van der Waals surface area contributed by atoms with Crippen LogP contribution in [0.4, 0.5) is 26.3 Å². The largest absolute Gasteiger partial charge is 1.00 e. The summed E-state index contributed by atoms with van der Waals surface area (Å²) in [6.45, 7) is -1.32. The van der Waals surface area contributed by atoms with Gasteiger partial charge in [0.15, 0.2) is 18.5 Å². The molecule has 0 aromatic carbocycles. The maximum absolute atomic E-state index is 12.9. The minimum absolute atomic E-state index is 0. The molecule has 0 N–H and O–H groups in total. The first-order valence-electron chi connectivity index (χ1n) is 4.80. The van der Waals surface area contributed by atoms with Crippen molar-refractivity contribution >= 4 is 10.1 Å². The van der Waals surface area contributed by atoms with E-state index in [9.17, 15) is 39.3 Å². The Balaban J connectivity index is 0. The minimum atomic E-state index is -5.17. The van der Waals surface area contributed by atoms with Gasteiger partial charge in [-0.05, 0) is 0 Å². The Hall–Kier alpha value is 1.13. The molecule has 0 heterocycles. The topological polar surface area (TPSA) is 57.2 Å². The summed E-state index contributed by atoms with van der Waals surface area (Å²) in [5, 5.41) is 0. The second kappa shape index (κ2) is 9.95. The van der Waals surface area contributed by atoms with Crippen molar-refractivity contribution in [2.24, 2.45) is 0 Å². The van der Waals surface area contributed by atoms with Gasteiger partial charge in [0.2, 0.25) is 0 Å². The predicted molar refractivity (Wildman–Crippen MR) is 49.6 cm³/mol. The predicted octanol–water partition coefficient (Wildman–Crippen LogP) is -1.41. The summed E-state index contributed by atoms with van der Waals surface area (Å²) in [7, 11) is -5.17. The van der Waals surface area contributed by atoms with Crippen LogP contribution < -0.4 is 51.4 Å². The van der Waals surface area contributed by atoms with Crippen LogP contribution in [0.2, 0.25) is 0 Å². The summed E-state index contributed by atoms with van der Waals surface area (Å²) >= 11 is 0. The van der Waals surface area contributed by atoms with Crippen molar-refractivity contribution in [2.45, 2.75) is 37.3 Å². The van der Waals surface area contributed by atoms with E-state index in [-0.39, 0.29) is 51.4 Å². The molecule has 0 fully saturated rings. The fourth-order valence-electron chi connectivity index (χ4n) is 1.12. The Bertz CT molecular complexity index is 343. The Morgan fingerprint density at radius 1 is 0.895 bits per heavy atom. The molecule has 5 unspecified atom stereocenters. The SMILES string of the molecule is O=S(=O)([O-])CC(F)C(F)C(F)C(F)C(F)CCF.[K+]. The van der Waals surface area contributed by atoms with Crippen molar-refractivity contribution in [1.82, 2.24) is 0 Å². The fraction of sp³-hybridized carbons (Fsp3) is 1.00. The molecule has 0 bridgehead atoms. The molecule has 11 heteroatoms. The average Bonchev–Trinajstić information content (AvgIpc) is 2.24. The van der Waals surface area contributed by atoms with Gasteiger partial charge in [-0.2, -0.15) is 0 Å². The number of rotatable bonds is 8. The van der Waals surface area contributed by atoms with Crippen LogP contribution in [0.5, 0.6) is 0 Å². The summed E-state index contributed by atoms with van der Waals surface area (Å²) in [6, 6.07) is 0. The molecule has 0 aliphatic heterocycles. The van der Waals surface area contributed by atoms with Crippen LogP contribution >= 0.6 is 0 Å². The summed E-state index contributed by atoms with van der Waals surface area (Å²) in [5.41, 5.74) is 0.